The van der Waals surface area contributed by atoms with Gasteiger partial charge in [0.15, 0.2) is 0 Å². The van der Waals surface area contributed by atoms with Gasteiger partial charge in [-0.25, -0.2) is 9.97 Å². The number of nitrogens with one attached hydrogen (secondary N) is 2. The largest absolute Gasteiger partial charge is 0.368 e. The first-order valence-electron chi connectivity index (χ1n) is 5.65. The zero-order valence-electron chi connectivity index (χ0n) is 9.99. The number of nitrogens with zero attached hydrogens (tertiary/aromatic N) is 2. The summed E-state index contributed by atoms with van der Waals surface area (Å²) in [5.41, 5.74) is 6.96. The smallest absolute Gasteiger partial charge is 0.267 e. The van der Waals surface area contributed by atoms with Crippen LogP contribution >= 0.6 is 0 Å². The predicted molar refractivity (Wildman–Crippen MR) is 62.2 cm³/mol. The number of hydrogen-bond acceptors (Lipinski definition) is 5. The second-order valence-electron chi connectivity index (χ2n) is 4.09. The molecule has 2 rings (SSSR count). The Labute approximate surface area is 99.8 Å². The summed E-state index contributed by atoms with van der Waals surface area (Å²) in [6, 6.07) is 1.87. The number of anilines is 1. The van der Waals surface area contributed by atoms with Crippen molar-refractivity contribution in [3.8, 4) is 0 Å². The number of hydrogen-bond donors (Lipinski definition) is 2. The highest BCUT2D eigenvalue weighted by atomic mass is 16.5. The maximum atomic E-state index is 11.6. The van der Waals surface area contributed by atoms with Gasteiger partial charge >= 0.3 is 0 Å². The highest BCUT2D eigenvalue weighted by Gasteiger charge is 2.23. The molecule has 0 spiro atoms. The van der Waals surface area contributed by atoms with Crippen molar-refractivity contribution in [1.29, 1.82) is 0 Å². The molecule has 2 N–H and O–H groups in total. The van der Waals surface area contributed by atoms with Gasteiger partial charge in [0, 0.05) is 18.0 Å². The van der Waals surface area contributed by atoms with Crippen LogP contribution < -0.4 is 10.9 Å². The van der Waals surface area contributed by atoms with Crippen molar-refractivity contribution in [1.82, 2.24) is 15.4 Å². The fourth-order valence-electron chi connectivity index (χ4n) is 1.76. The molecule has 1 aliphatic rings. The molecule has 0 bridgehead atoms. The summed E-state index contributed by atoms with van der Waals surface area (Å²) < 4.78 is 5.26. The Morgan fingerprint density at radius 3 is 2.71 bits per heavy atom. The van der Waals surface area contributed by atoms with E-state index in [1.54, 1.807) is 0 Å². The second-order valence-corrected chi connectivity index (χ2v) is 4.09. The molecule has 1 amide bonds. The molecule has 1 aromatic rings. The van der Waals surface area contributed by atoms with Gasteiger partial charge in [-0.3, -0.25) is 15.6 Å². The number of ether oxygens (including phenoxy) is 1. The lowest BCUT2D eigenvalue weighted by Crippen LogP contribution is -2.38. The quantitative estimate of drug-likeness (QED) is 0.756. The number of carbonyl (C=O) groups excluding carboxylic acids is 1. The summed E-state index contributed by atoms with van der Waals surface area (Å²) in [6.07, 6.45) is 1.34. The summed E-state index contributed by atoms with van der Waals surface area (Å²) in [6.45, 7) is 4.40. The van der Waals surface area contributed by atoms with Crippen LogP contribution in [0.1, 0.15) is 24.2 Å². The Bertz CT molecular complexity index is 396. The number of hydrazine groups is 1. The number of carbonyl (C=O) groups is 1. The van der Waals surface area contributed by atoms with Gasteiger partial charge < -0.3 is 4.74 Å². The first-order chi connectivity index (χ1) is 8.15. The van der Waals surface area contributed by atoms with E-state index >= 15 is 0 Å². The molecule has 17 heavy (non-hydrogen) atoms. The molecule has 0 saturated carbocycles. The van der Waals surface area contributed by atoms with Gasteiger partial charge in [-0.15, -0.1) is 0 Å². The van der Waals surface area contributed by atoms with Gasteiger partial charge in [0.2, 0.25) is 5.95 Å². The van der Waals surface area contributed by atoms with E-state index in [9.17, 15) is 4.79 Å². The fourth-order valence-corrected chi connectivity index (χ4v) is 1.76. The monoisotopic (exact) mass is 236 g/mol. The lowest BCUT2D eigenvalue weighted by Gasteiger charge is -2.11. The van der Waals surface area contributed by atoms with Gasteiger partial charge in [0.1, 0.15) is 6.10 Å². The topological polar surface area (TPSA) is 76.1 Å². The normalized spacial score (nSPS) is 19.1. The van der Waals surface area contributed by atoms with Crippen LogP contribution in [-0.4, -0.2) is 28.6 Å². The van der Waals surface area contributed by atoms with E-state index in [-0.39, 0.29) is 12.0 Å². The lowest BCUT2D eigenvalue weighted by molar-refractivity contribution is -0.129. The van der Waals surface area contributed by atoms with E-state index in [0.29, 0.717) is 12.6 Å². The van der Waals surface area contributed by atoms with Crippen molar-refractivity contribution in [3.05, 3.63) is 17.5 Å². The molecule has 1 atom stereocenters. The average Bonchev–Trinajstić information content (AvgIpc) is 2.78. The second kappa shape index (κ2) is 5.09. The average molecular weight is 236 g/mol. The molecule has 2 heterocycles. The maximum absolute atomic E-state index is 11.6. The highest BCUT2D eigenvalue weighted by molar-refractivity contribution is 5.81. The summed E-state index contributed by atoms with van der Waals surface area (Å²) in [7, 11) is 0. The Morgan fingerprint density at radius 1 is 1.41 bits per heavy atom. The summed E-state index contributed by atoms with van der Waals surface area (Å²) in [4.78, 5) is 19.9. The van der Waals surface area contributed by atoms with Gasteiger partial charge in [-0.1, -0.05) is 0 Å². The van der Waals surface area contributed by atoms with E-state index in [2.05, 4.69) is 20.8 Å². The van der Waals surface area contributed by atoms with E-state index < -0.39 is 0 Å². The standard InChI is InChI=1S/C11H16N4O2/c1-7-6-8(2)13-11(12-7)15-14-10(16)9-4-3-5-17-9/h6,9H,3-5H2,1-2H3,(H,14,16)(H,12,13,15)/t9-/m0/s1. The zero-order valence-corrected chi connectivity index (χ0v) is 9.99. The fraction of sp³-hybridized carbons (Fsp3) is 0.545. The molecule has 0 aliphatic carbocycles. The molecule has 92 valence electrons. The third-order valence-electron chi connectivity index (χ3n) is 2.50. The van der Waals surface area contributed by atoms with Crippen molar-refractivity contribution >= 4 is 11.9 Å². The molecule has 1 aromatic heterocycles. The molecule has 0 radical (unpaired) electrons. The zero-order chi connectivity index (χ0) is 12.3. The minimum Gasteiger partial charge on any atom is -0.368 e. The van der Waals surface area contributed by atoms with E-state index in [1.165, 1.54) is 0 Å². The summed E-state index contributed by atoms with van der Waals surface area (Å²) in [5.74, 6) is 0.221. The first-order valence-corrected chi connectivity index (χ1v) is 5.65. The van der Waals surface area contributed by atoms with Crippen molar-refractivity contribution in [2.24, 2.45) is 0 Å². The van der Waals surface area contributed by atoms with E-state index in [4.69, 9.17) is 4.74 Å². The van der Waals surface area contributed by atoms with Crippen LogP contribution in [0.15, 0.2) is 6.07 Å². The molecule has 0 unspecified atom stereocenters. The van der Waals surface area contributed by atoms with Crippen molar-refractivity contribution in [2.45, 2.75) is 32.8 Å². The predicted octanol–water partition coefficient (Wildman–Crippen LogP) is 0.716. The van der Waals surface area contributed by atoms with Crippen molar-refractivity contribution in [3.63, 3.8) is 0 Å². The molecule has 1 saturated heterocycles. The van der Waals surface area contributed by atoms with Crippen molar-refractivity contribution < 1.29 is 9.53 Å². The van der Waals surface area contributed by atoms with Gasteiger partial charge in [0.05, 0.1) is 0 Å². The van der Waals surface area contributed by atoms with Crippen LogP contribution in [0.25, 0.3) is 0 Å². The molecular formula is C11H16N4O2. The number of aryl methyl sites for hydroxylation is 2. The molecular weight excluding hydrogens is 220 g/mol. The number of aromatic nitrogens is 2. The van der Waals surface area contributed by atoms with Crippen LogP contribution in [-0.2, 0) is 9.53 Å². The molecule has 6 heteroatoms. The maximum Gasteiger partial charge on any atom is 0.267 e. The molecule has 6 nitrogen and oxygen atoms in total. The lowest BCUT2D eigenvalue weighted by atomic mass is 10.2. The Balaban J connectivity index is 1.90. The van der Waals surface area contributed by atoms with Crippen LogP contribution in [0, 0.1) is 13.8 Å². The Kier molecular flexibility index (Phi) is 3.53. The molecule has 1 aliphatic heterocycles. The van der Waals surface area contributed by atoms with Crippen molar-refractivity contribution in [2.75, 3.05) is 12.0 Å². The Morgan fingerprint density at radius 2 is 2.12 bits per heavy atom. The molecule has 0 aromatic carbocycles. The number of amides is 1. The van der Waals surface area contributed by atoms with Crippen LogP contribution in [0.2, 0.25) is 0 Å². The van der Waals surface area contributed by atoms with E-state index in [0.717, 1.165) is 24.2 Å². The summed E-state index contributed by atoms with van der Waals surface area (Å²) in [5, 5.41) is 0. The minimum absolute atomic E-state index is 0.176. The molecule has 1 fully saturated rings. The van der Waals surface area contributed by atoms with Gasteiger partial charge in [-0.2, -0.15) is 0 Å². The minimum atomic E-state index is -0.353. The first kappa shape index (κ1) is 11.8. The van der Waals surface area contributed by atoms with E-state index in [1.807, 2.05) is 19.9 Å². The van der Waals surface area contributed by atoms with Gasteiger partial charge in [-0.05, 0) is 32.8 Å². The Hall–Kier alpha value is -1.69. The number of rotatable bonds is 3. The third kappa shape index (κ3) is 3.13. The third-order valence-corrected chi connectivity index (χ3v) is 2.50. The van der Waals surface area contributed by atoms with Gasteiger partial charge in [0.25, 0.3) is 5.91 Å². The highest BCUT2D eigenvalue weighted by Crippen LogP contribution is 2.11. The summed E-state index contributed by atoms with van der Waals surface area (Å²) >= 11 is 0. The van der Waals surface area contributed by atoms with Crippen LogP contribution in [0.4, 0.5) is 5.95 Å². The SMILES string of the molecule is Cc1cc(C)nc(NNC(=O)[C@@H]2CCCO2)n1. The van der Waals surface area contributed by atoms with Crippen LogP contribution in [0.3, 0.4) is 0 Å². The van der Waals surface area contributed by atoms with Crippen LogP contribution in [0.5, 0.6) is 0 Å².